The third-order valence-corrected chi connectivity index (χ3v) is 3.07. The lowest BCUT2D eigenvalue weighted by molar-refractivity contribution is 0.747. The summed E-state index contributed by atoms with van der Waals surface area (Å²) >= 11 is 0. The van der Waals surface area contributed by atoms with Crippen LogP contribution in [0, 0.1) is 0 Å². The van der Waals surface area contributed by atoms with Crippen LogP contribution in [0.15, 0.2) is 18.5 Å². The zero-order chi connectivity index (χ0) is 14.5. The van der Waals surface area contributed by atoms with Crippen molar-refractivity contribution in [3.63, 3.8) is 0 Å². The molecule has 7 heteroatoms. The lowest BCUT2D eigenvalue weighted by Crippen LogP contribution is -2.21. The van der Waals surface area contributed by atoms with Crippen LogP contribution in [0.4, 0.5) is 11.6 Å². The van der Waals surface area contributed by atoms with E-state index in [1.165, 1.54) is 0 Å². The average Bonchev–Trinajstić information content (AvgIpc) is 2.84. The fourth-order valence-corrected chi connectivity index (χ4v) is 1.93. The van der Waals surface area contributed by atoms with E-state index in [4.69, 9.17) is 5.84 Å². The summed E-state index contributed by atoms with van der Waals surface area (Å²) in [5, 5.41) is 0. The molecule has 0 unspecified atom stereocenters. The fourth-order valence-electron chi connectivity index (χ4n) is 1.93. The lowest BCUT2D eigenvalue weighted by atomic mass is 10.3. The first-order valence-electron chi connectivity index (χ1n) is 6.66. The van der Waals surface area contributed by atoms with Crippen LogP contribution in [0.25, 0.3) is 0 Å². The summed E-state index contributed by atoms with van der Waals surface area (Å²) in [6.45, 7) is 2.78. The molecule has 2 aromatic heterocycles. The van der Waals surface area contributed by atoms with Gasteiger partial charge < -0.3 is 14.9 Å². The normalized spacial score (nSPS) is 10.6. The zero-order valence-corrected chi connectivity index (χ0v) is 12.2. The van der Waals surface area contributed by atoms with E-state index in [0.29, 0.717) is 12.4 Å². The zero-order valence-electron chi connectivity index (χ0n) is 12.2. The first-order chi connectivity index (χ1) is 9.63. The Morgan fingerprint density at radius 3 is 2.80 bits per heavy atom. The van der Waals surface area contributed by atoms with Gasteiger partial charge in [0.1, 0.15) is 23.3 Å². The van der Waals surface area contributed by atoms with E-state index in [2.05, 4.69) is 27.3 Å². The molecule has 0 aromatic carbocycles. The molecule has 0 aliphatic heterocycles. The van der Waals surface area contributed by atoms with Crippen LogP contribution in [-0.2, 0) is 20.0 Å². The summed E-state index contributed by atoms with van der Waals surface area (Å²) in [5.74, 6) is 8.70. The topological polar surface area (TPSA) is 84.9 Å². The molecule has 108 valence electrons. The van der Waals surface area contributed by atoms with E-state index in [1.54, 1.807) is 6.20 Å². The first-order valence-corrected chi connectivity index (χ1v) is 6.66. The van der Waals surface area contributed by atoms with E-state index in [0.717, 1.165) is 30.3 Å². The lowest BCUT2D eigenvalue weighted by Gasteiger charge is -2.19. The van der Waals surface area contributed by atoms with Crippen molar-refractivity contribution in [1.29, 1.82) is 0 Å². The van der Waals surface area contributed by atoms with Crippen molar-refractivity contribution >= 4 is 11.6 Å². The number of rotatable bonds is 6. The molecule has 0 aliphatic rings. The number of nitrogen functional groups attached to an aromatic ring is 1. The van der Waals surface area contributed by atoms with Crippen LogP contribution in [-0.4, -0.2) is 26.6 Å². The van der Waals surface area contributed by atoms with Gasteiger partial charge in [0.25, 0.3) is 0 Å². The molecule has 20 heavy (non-hydrogen) atoms. The molecule has 2 aromatic rings. The van der Waals surface area contributed by atoms with Gasteiger partial charge in [0, 0.05) is 39.0 Å². The van der Waals surface area contributed by atoms with Crippen molar-refractivity contribution in [2.45, 2.75) is 26.3 Å². The van der Waals surface area contributed by atoms with Crippen molar-refractivity contribution in [3.8, 4) is 0 Å². The number of hydrogen-bond acceptors (Lipinski definition) is 6. The summed E-state index contributed by atoms with van der Waals surface area (Å²) in [4.78, 5) is 15.3. The molecule has 2 rings (SSSR count). The van der Waals surface area contributed by atoms with Gasteiger partial charge in [-0.1, -0.05) is 6.92 Å². The maximum atomic E-state index is 5.47. The second-order valence-electron chi connectivity index (χ2n) is 4.73. The van der Waals surface area contributed by atoms with Crippen LogP contribution < -0.4 is 16.2 Å². The fraction of sp³-hybridized carbons (Fsp3) is 0.462. The monoisotopic (exact) mass is 275 g/mol. The van der Waals surface area contributed by atoms with Crippen molar-refractivity contribution in [2.24, 2.45) is 12.9 Å². The number of anilines is 2. The largest absolute Gasteiger partial charge is 0.352 e. The van der Waals surface area contributed by atoms with Crippen LogP contribution in [0.5, 0.6) is 0 Å². The van der Waals surface area contributed by atoms with Gasteiger partial charge in [-0.3, -0.25) is 0 Å². The third-order valence-electron chi connectivity index (χ3n) is 3.07. The second kappa shape index (κ2) is 6.33. The van der Waals surface area contributed by atoms with Crippen molar-refractivity contribution in [2.75, 3.05) is 17.4 Å². The van der Waals surface area contributed by atoms with Crippen LogP contribution in [0.2, 0.25) is 0 Å². The number of hydrazine groups is 1. The maximum absolute atomic E-state index is 5.47. The van der Waals surface area contributed by atoms with Crippen molar-refractivity contribution in [3.05, 3.63) is 30.1 Å². The van der Waals surface area contributed by atoms with Crippen LogP contribution in [0.1, 0.15) is 25.0 Å². The number of hydrogen-bond donors (Lipinski definition) is 2. The van der Waals surface area contributed by atoms with E-state index in [1.807, 2.05) is 35.8 Å². The minimum absolute atomic E-state index is 0.630. The first kappa shape index (κ1) is 14.3. The number of nitrogens with two attached hydrogens (primary N) is 1. The van der Waals surface area contributed by atoms with E-state index < -0.39 is 0 Å². The molecule has 2 heterocycles. The van der Waals surface area contributed by atoms with E-state index in [-0.39, 0.29) is 0 Å². The Balaban J connectivity index is 2.22. The Bertz CT molecular complexity index is 564. The Morgan fingerprint density at radius 2 is 2.20 bits per heavy atom. The Hall–Kier alpha value is -2.15. The molecule has 0 fully saturated rings. The molecule has 7 nitrogen and oxygen atoms in total. The van der Waals surface area contributed by atoms with E-state index in [9.17, 15) is 0 Å². The smallest absolute Gasteiger partial charge is 0.145 e. The van der Waals surface area contributed by atoms with Gasteiger partial charge in [0.15, 0.2) is 0 Å². The third kappa shape index (κ3) is 3.24. The van der Waals surface area contributed by atoms with E-state index >= 15 is 0 Å². The van der Waals surface area contributed by atoms with Gasteiger partial charge >= 0.3 is 0 Å². The molecule has 0 spiro atoms. The second-order valence-corrected chi connectivity index (χ2v) is 4.73. The maximum Gasteiger partial charge on any atom is 0.145 e. The SMILES string of the molecule is CCCc1nc(NN)cc(N(C)Cc2nccn2C)n1. The number of nitrogens with zero attached hydrogens (tertiary/aromatic N) is 5. The molecule has 0 aliphatic carbocycles. The summed E-state index contributed by atoms with van der Waals surface area (Å²) in [6, 6.07) is 1.84. The molecule has 0 atom stereocenters. The Labute approximate surface area is 118 Å². The van der Waals surface area contributed by atoms with Gasteiger partial charge in [-0.2, -0.15) is 0 Å². The predicted octanol–water partition coefficient (Wildman–Crippen LogP) is 1.08. The molecule has 0 saturated carbocycles. The standard InChI is InChI=1S/C13H21N7/c1-4-5-10-16-11(18-14)8-12(17-10)20(3)9-13-15-6-7-19(13)2/h6-8H,4-5,9,14H2,1-3H3,(H,16,17,18). The minimum Gasteiger partial charge on any atom is -0.352 e. The van der Waals surface area contributed by atoms with Crippen molar-refractivity contribution < 1.29 is 0 Å². The Morgan fingerprint density at radius 1 is 1.40 bits per heavy atom. The molecule has 0 saturated heterocycles. The molecule has 0 amide bonds. The average molecular weight is 275 g/mol. The highest BCUT2D eigenvalue weighted by Gasteiger charge is 2.10. The number of aryl methyl sites for hydroxylation is 2. The van der Waals surface area contributed by atoms with Crippen LogP contribution in [0.3, 0.4) is 0 Å². The van der Waals surface area contributed by atoms with Crippen molar-refractivity contribution in [1.82, 2.24) is 19.5 Å². The summed E-state index contributed by atoms with van der Waals surface area (Å²) in [6.07, 6.45) is 5.55. The summed E-state index contributed by atoms with van der Waals surface area (Å²) in [5.41, 5.74) is 2.59. The highest BCUT2D eigenvalue weighted by Crippen LogP contribution is 2.16. The summed E-state index contributed by atoms with van der Waals surface area (Å²) < 4.78 is 1.99. The quantitative estimate of drug-likeness (QED) is 0.606. The number of aromatic nitrogens is 4. The highest BCUT2D eigenvalue weighted by atomic mass is 15.3. The van der Waals surface area contributed by atoms with Gasteiger partial charge in [-0.05, 0) is 6.42 Å². The van der Waals surface area contributed by atoms with Gasteiger partial charge in [0.05, 0.1) is 6.54 Å². The molecular formula is C13H21N7. The van der Waals surface area contributed by atoms with Crippen LogP contribution >= 0.6 is 0 Å². The number of nitrogens with one attached hydrogen (secondary N) is 1. The molecule has 0 bridgehead atoms. The Kier molecular flexibility index (Phi) is 4.52. The highest BCUT2D eigenvalue weighted by molar-refractivity contribution is 5.48. The number of imidazole rings is 1. The molecule has 3 N–H and O–H groups in total. The summed E-state index contributed by atoms with van der Waals surface area (Å²) in [7, 11) is 3.96. The molecule has 0 radical (unpaired) electrons. The van der Waals surface area contributed by atoms with Gasteiger partial charge in [0.2, 0.25) is 0 Å². The minimum atomic E-state index is 0.630. The predicted molar refractivity (Wildman–Crippen MR) is 79.2 cm³/mol. The van der Waals surface area contributed by atoms with Gasteiger partial charge in [-0.15, -0.1) is 0 Å². The molecular weight excluding hydrogens is 254 g/mol. The van der Waals surface area contributed by atoms with Gasteiger partial charge in [-0.25, -0.2) is 20.8 Å².